The Morgan fingerprint density at radius 3 is 2.46 bits per heavy atom. The maximum absolute atomic E-state index is 13.2. The second-order valence-electron chi connectivity index (χ2n) is 5.19. The van der Waals surface area contributed by atoms with Crippen LogP contribution < -0.4 is 10.6 Å². The molecule has 9 heteroatoms. The fraction of sp³-hybridized carbons (Fsp3) is 0.0588. The van der Waals surface area contributed by atoms with Gasteiger partial charge in [0.25, 0.3) is 0 Å². The summed E-state index contributed by atoms with van der Waals surface area (Å²) in [5, 5.41) is 5.36. The van der Waals surface area contributed by atoms with E-state index < -0.39 is 17.6 Å². The molecule has 0 saturated heterocycles. The van der Waals surface area contributed by atoms with Crippen molar-refractivity contribution in [3.8, 4) is 0 Å². The maximum Gasteiger partial charge on any atom is 0.418 e. The van der Waals surface area contributed by atoms with E-state index >= 15 is 0 Å². The number of aromatic nitrogens is 2. The fourth-order valence-corrected chi connectivity index (χ4v) is 2.35. The highest BCUT2D eigenvalue weighted by Crippen LogP contribution is 2.35. The van der Waals surface area contributed by atoms with Crippen LogP contribution in [0.3, 0.4) is 0 Å². The van der Waals surface area contributed by atoms with E-state index in [2.05, 4.69) is 20.6 Å². The first-order chi connectivity index (χ1) is 12.3. The fourth-order valence-electron chi connectivity index (χ4n) is 2.17. The summed E-state index contributed by atoms with van der Waals surface area (Å²) >= 11 is 5.70. The highest BCUT2D eigenvalue weighted by atomic mass is 35.5. The van der Waals surface area contributed by atoms with Gasteiger partial charge in [-0.15, -0.1) is 0 Å². The summed E-state index contributed by atoms with van der Waals surface area (Å²) < 4.78 is 52.4. The topological polar surface area (TPSA) is 49.8 Å². The molecule has 26 heavy (non-hydrogen) atoms. The predicted molar refractivity (Wildman–Crippen MR) is 91.5 cm³/mol. The molecule has 0 radical (unpaired) electrons. The van der Waals surface area contributed by atoms with Crippen molar-refractivity contribution in [2.45, 2.75) is 6.18 Å². The molecular weight excluding hydrogens is 372 g/mol. The number of halogens is 5. The van der Waals surface area contributed by atoms with Gasteiger partial charge in [-0.25, -0.2) is 9.37 Å². The molecule has 0 fully saturated rings. The van der Waals surface area contributed by atoms with Crippen molar-refractivity contribution in [2.24, 2.45) is 0 Å². The second kappa shape index (κ2) is 7.17. The van der Waals surface area contributed by atoms with Gasteiger partial charge in [0.2, 0.25) is 5.95 Å². The van der Waals surface area contributed by atoms with Crippen LogP contribution in [0.25, 0.3) is 0 Å². The van der Waals surface area contributed by atoms with Crippen LogP contribution in [-0.2, 0) is 6.18 Å². The van der Waals surface area contributed by atoms with Gasteiger partial charge in [-0.2, -0.15) is 18.2 Å². The molecule has 0 atom stereocenters. The molecule has 3 rings (SSSR count). The molecule has 0 aliphatic carbocycles. The van der Waals surface area contributed by atoms with Crippen molar-refractivity contribution in [1.29, 1.82) is 0 Å². The number of para-hydroxylation sites is 1. The normalized spacial score (nSPS) is 11.3. The standard InChI is InChI=1S/C17H11ClF4N4/c18-12-9-10(5-6-13(12)19)24-16-23-8-7-15(26-16)25-14-4-2-1-3-11(14)17(20,21)22/h1-9H,(H2,23,24,25,26). The molecule has 0 spiro atoms. The Hall–Kier alpha value is -2.87. The molecule has 0 aliphatic rings. The van der Waals surface area contributed by atoms with Crippen LogP contribution in [0.2, 0.25) is 5.02 Å². The Balaban J connectivity index is 1.83. The van der Waals surface area contributed by atoms with Crippen molar-refractivity contribution in [3.63, 3.8) is 0 Å². The van der Waals surface area contributed by atoms with E-state index in [4.69, 9.17) is 11.6 Å². The Kier molecular flexibility index (Phi) is 4.94. The molecular formula is C17H11ClF4N4. The first-order valence-corrected chi connectivity index (χ1v) is 7.69. The first kappa shape index (κ1) is 17.9. The largest absolute Gasteiger partial charge is 0.418 e. The molecule has 1 aromatic heterocycles. The molecule has 4 nitrogen and oxygen atoms in total. The Morgan fingerprint density at radius 1 is 0.962 bits per heavy atom. The van der Waals surface area contributed by atoms with Gasteiger partial charge in [-0.3, -0.25) is 0 Å². The Labute approximate surface area is 150 Å². The lowest BCUT2D eigenvalue weighted by molar-refractivity contribution is -0.136. The highest BCUT2D eigenvalue weighted by molar-refractivity contribution is 6.31. The summed E-state index contributed by atoms with van der Waals surface area (Å²) in [7, 11) is 0. The van der Waals surface area contributed by atoms with Gasteiger partial charge in [0.15, 0.2) is 0 Å². The average Bonchev–Trinajstić information content (AvgIpc) is 2.58. The molecule has 1 heterocycles. The quantitative estimate of drug-likeness (QED) is 0.562. The monoisotopic (exact) mass is 382 g/mol. The zero-order chi connectivity index (χ0) is 18.7. The average molecular weight is 383 g/mol. The van der Waals surface area contributed by atoms with Gasteiger partial charge in [0, 0.05) is 11.9 Å². The maximum atomic E-state index is 13.2. The SMILES string of the molecule is Fc1ccc(Nc2nccc(Nc3ccccc3C(F)(F)F)n2)cc1Cl. The van der Waals surface area contributed by atoms with E-state index in [1.54, 1.807) is 0 Å². The molecule has 0 bridgehead atoms. The third kappa shape index (κ3) is 4.20. The summed E-state index contributed by atoms with van der Waals surface area (Å²) in [4.78, 5) is 8.08. The van der Waals surface area contributed by atoms with Gasteiger partial charge < -0.3 is 10.6 Å². The lowest BCUT2D eigenvalue weighted by atomic mass is 10.1. The highest BCUT2D eigenvalue weighted by Gasteiger charge is 2.33. The lowest BCUT2D eigenvalue weighted by Gasteiger charge is -2.14. The molecule has 0 unspecified atom stereocenters. The van der Waals surface area contributed by atoms with Gasteiger partial charge in [0.05, 0.1) is 16.3 Å². The van der Waals surface area contributed by atoms with E-state index in [1.807, 2.05) is 0 Å². The van der Waals surface area contributed by atoms with Crippen LogP contribution in [-0.4, -0.2) is 9.97 Å². The summed E-state index contributed by atoms with van der Waals surface area (Å²) in [6.07, 6.45) is -3.12. The Bertz CT molecular complexity index is 931. The number of hydrogen-bond donors (Lipinski definition) is 2. The van der Waals surface area contributed by atoms with Crippen molar-refractivity contribution >= 4 is 34.7 Å². The second-order valence-corrected chi connectivity index (χ2v) is 5.59. The number of alkyl halides is 3. The zero-order valence-electron chi connectivity index (χ0n) is 13.0. The number of nitrogens with one attached hydrogen (secondary N) is 2. The Morgan fingerprint density at radius 2 is 1.73 bits per heavy atom. The number of benzene rings is 2. The van der Waals surface area contributed by atoms with E-state index in [9.17, 15) is 17.6 Å². The third-order valence-electron chi connectivity index (χ3n) is 3.33. The van der Waals surface area contributed by atoms with Crippen LogP contribution in [0, 0.1) is 5.82 Å². The van der Waals surface area contributed by atoms with Crippen LogP contribution >= 0.6 is 11.6 Å². The van der Waals surface area contributed by atoms with E-state index in [0.717, 1.165) is 6.07 Å². The molecule has 0 saturated carbocycles. The summed E-state index contributed by atoms with van der Waals surface area (Å²) in [5.41, 5.74) is -0.503. The lowest BCUT2D eigenvalue weighted by Crippen LogP contribution is -2.09. The number of rotatable bonds is 4. The number of nitrogens with zero attached hydrogens (tertiary/aromatic N) is 2. The molecule has 3 aromatic rings. The van der Waals surface area contributed by atoms with Crippen LogP contribution in [0.4, 0.5) is 40.7 Å². The third-order valence-corrected chi connectivity index (χ3v) is 3.62. The van der Waals surface area contributed by atoms with Crippen LogP contribution in [0.5, 0.6) is 0 Å². The van der Waals surface area contributed by atoms with Gasteiger partial charge >= 0.3 is 6.18 Å². The van der Waals surface area contributed by atoms with Crippen molar-refractivity contribution in [2.75, 3.05) is 10.6 Å². The van der Waals surface area contributed by atoms with Crippen LogP contribution in [0.1, 0.15) is 5.56 Å². The van der Waals surface area contributed by atoms with Crippen molar-refractivity contribution in [1.82, 2.24) is 9.97 Å². The molecule has 134 valence electrons. The molecule has 0 aliphatic heterocycles. The minimum Gasteiger partial charge on any atom is -0.340 e. The predicted octanol–water partition coefficient (Wildman–Crippen LogP) is 5.78. The first-order valence-electron chi connectivity index (χ1n) is 7.31. The van der Waals surface area contributed by atoms with Gasteiger partial charge in [-0.1, -0.05) is 23.7 Å². The van der Waals surface area contributed by atoms with E-state index in [0.29, 0.717) is 5.69 Å². The van der Waals surface area contributed by atoms with Crippen molar-refractivity contribution < 1.29 is 17.6 Å². The van der Waals surface area contributed by atoms with Crippen molar-refractivity contribution in [3.05, 3.63) is 71.1 Å². The van der Waals surface area contributed by atoms with Gasteiger partial charge in [0.1, 0.15) is 11.6 Å². The minimum absolute atomic E-state index is 0.0802. The molecule has 0 amide bonds. The summed E-state index contributed by atoms with van der Waals surface area (Å²) in [6, 6.07) is 10.4. The smallest absolute Gasteiger partial charge is 0.340 e. The minimum atomic E-state index is -4.50. The van der Waals surface area contributed by atoms with Gasteiger partial charge in [-0.05, 0) is 36.4 Å². The van der Waals surface area contributed by atoms with E-state index in [1.165, 1.54) is 48.7 Å². The van der Waals surface area contributed by atoms with Crippen LogP contribution in [0.15, 0.2) is 54.7 Å². The summed E-state index contributed by atoms with van der Waals surface area (Å²) in [5.74, 6) is -0.299. The van der Waals surface area contributed by atoms with E-state index in [-0.39, 0.29) is 22.5 Å². The molecule has 2 aromatic carbocycles. The number of hydrogen-bond acceptors (Lipinski definition) is 4. The summed E-state index contributed by atoms with van der Waals surface area (Å²) in [6.45, 7) is 0. The molecule has 2 N–H and O–H groups in total. The zero-order valence-corrected chi connectivity index (χ0v) is 13.7. The number of anilines is 4.